The quantitative estimate of drug-likeness (QED) is 0.259. The Hall–Kier alpha value is -2.95. The molecule has 0 aliphatic heterocycles. The number of aliphatic carboxylic acids is 1. The van der Waals surface area contributed by atoms with Gasteiger partial charge in [0.05, 0.1) is 19.4 Å². The molecule has 0 aromatic carbocycles. The normalized spacial score (nSPS) is 12.9. The van der Waals surface area contributed by atoms with E-state index in [0.29, 0.717) is 12.1 Å². The monoisotopic (exact) mass is 382 g/mol. The second-order valence-corrected chi connectivity index (χ2v) is 6.41. The zero-order chi connectivity index (χ0) is 20.4. The van der Waals surface area contributed by atoms with Crippen LogP contribution >= 0.6 is 0 Å². The highest BCUT2D eigenvalue weighted by Crippen LogP contribution is 2.05. The summed E-state index contributed by atoms with van der Waals surface area (Å²) in [4.78, 5) is 53.5. The van der Waals surface area contributed by atoms with E-state index in [2.05, 4.69) is 25.9 Å². The molecular formula is C16H26N6O5. The first kappa shape index (κ1) is 22.1. The molecular weight excluding hydrogens is 356 g/mol. The summed E-state index contributed by atoms with van der Waals surface area (Å²) in [6.45, 7) is 3.10. The summed E-state index contributed by atoms with van der Waals surface area (Å²) >= 11 is 0. The van der Waals surface area contributed by atoms with Crippen molar-refractivity contribution in [2.45, 2.75) is 38.8 Å². The summed E-state index contributed by atoms with van der Waals surface area (Å²) in [5, 5.41) is 16.4. The molecule has 0 spiro atoms. The number of carbonyl (C=O) groups is 4. The van der Waals surface area contributed by atoms with Gasteiger partial charge in [0.2, 0.25) is 17.7 Å². The third-order valence-corrected chi connectivity index (χ3v) is 3.58. The number of carboxylic acid groups (broad SMARTS) is 1. The maximum absolute atomic E-state index is 12.2. The fourth-order valence-electron chi connectivity index (χ4n) is 2.31. The number of aromatic nitrogens is 2. The van der Waals surface area contributed by atoms with E-state index < -0.39 is 42.3 Å². The molecule has 2 atom stereocenters. The number of H-pyrrole nitrogens is 1. The number of nitrogens with two attached hydrogens (primary N) is 1. The second-order valence-electron chi connectivity index (χ2n) is 6.41. The molecule has 0 saturated heterocycles. The summed E-state index contributed by atoms with van der Waals surface area (Å²) in [5.41, 5.74) is 5.79. The fraction of sp³-hybridized carbons (Fsp3) is 0.562. The van der Waals surface area contributed by atoms with Gasteiger partial charge in [-0.1, -0.05) is 13.8 Å². The predicted octanol–water partition coefficient (Wildman–Crippen LogP) is -1.87. The van der Waals surface area contributed by atoms with Crippen LogP contribution in [0.2, 0.25) is 0 Å². The van der Waals surface area contributed by atoms with Crippen LogP contribution in [-0.4, -0.2) is 63.9 Å². The van der Waals surface area contributed by atoms with Crippen LogP contribution in [0.3, 0.4) is 0 Å². The number of aromatic amines is 1. The highest BCUT2D eigenvalue weighted by Gasteiger charge is 2.24. The zero-order valence-corrected chi connectivity index (χ0v) is 15.3. The average molecular weight is 382 g/mol. The zero-order valence-electron chi connectivity index (χ0n) is 15.3. The highest BCUT2D eigenvalue weighted by molar-refractivity contribution is 5.91. The SMILES string of the molecule is CC(C)CC(NC(=O)CN)C(=O)NCC(=O)NC(Cc1cnc[nH]1)C(=O)O. The molecule has 3 amide bonds. The Morgan fingerprint density at radius 1 is 1.19 bits per heavy atom. The molecule has 150 valence electrons. The summed E-state index contributed by atoms with van der Waals surface area (Å²) in [5.74, 6) is -2.77. The standard InChI is InChI=1S/C16H26N6O5/c1-9(2)3-11(21-13(23)5-17)15(25)19-7-14(24)22-12(16(26)27)4-10-6-18-8-20-10/h6,8-9,11-12H,3-5,7,17H2,1-2H3,(H,18,20)(H,19,25)(H,21,23)(H,22,24)(H,26,27). The van der Waals surface area contributed by atoms with Gasteiger partial charge in [0, 0.05) is 18.3 Å². The van der Waals surface area contributed by atoms with Crippen molar-refractivity contribution in [3.8, 4) is 0 Å². The lowest BCUT2D eigenvalue weighted by atomic mass is 10.0. The van der Waals surface area contributed by atoms with Gasteiger partial charge in [0.15, 0.2) is 0 Å². The van der Waals surface area contributed by atoms with E-state index in [1.165, 1.54) is 12.5 Å². The summed E-state index contributed by atoms with van der Waals surface area (Å²) in [7, 11) is 0. The molecule has 2 unspecified atom stereocenters. The van der Waals surface area contributed by atoms with Crippen molar-refractivity contribution in [3.63, 3.8) is 0 Å². The molecule has 0 bridgehead atoms. The number of hydrogen-bond acceptors (Lipinski definition) is 6. The number of carboxylic acids is 1. The van der Waals surface area contributed by atoms with Crippen LogP contribution in [0, 0.1) is 5.92 Å². The Labute approximate surface area is 156 Å². The first-order chi connectivity index (χ1) is 12.7. The van der Waals surface area contributed by atoms with E-state index in [1.807, 2.05) is 13.8 Å². The van der Waals surface area contributed by atoms with E-state index in [-0.39, 0.29) is 18.9 Å². The van der Waals surface area contributed by atoms with Crippen molar-refractivity contribution in [1.82, 2.24) is 25.9 Å². The van der Waals surface area contributed by atoms with Crippen LogP contribution in [0.25, 0.3) is 0 Å². The van der Waals surface area contributed by atoms with Gasteiger partial charge in [-0.2, -0.15) is 0 Å². The smallest absolute Gasteiger partial charge is 0.326 e. The number of nitrogens with one attached hydrogen (secondary N) is 4. The summed E-state index contributed by atoms with van der Waals surface area (Å²) in [6, 6.07) is -1.99. The van der Waals surface area contributed by atoms with Gasteiger partial charge in [0.1, 0.15) is 12.1 Å². The minimum absolute atomic E-state index is 0.0253. The van der Waals surface area contributed by atoms with Crippen LogP contribution in [-0.2, 0) is 25.6 Å². The Balaban J connectivity index is 2.57. The maximum atomic E-state index is 12.2. The van der Waals surface area contributed by atoms with E-state index in [9.17, 15) is 24.3 Å². The van der Waals surface area contributed by atoms with Crippen LogP contribution in [0.1, 0.15) is 26.0 Å². The lowest BCUT2D eigenvalue weighted by molar-refractivity contribution is -0.141. The van der Waals surface area contributed by atoms with Crippen LogP contribution in [0.15, 0.2) is 12.5 Å². The number of amides is 3. The average Bonchev–Trinajstić information content (AvgIpc) is 3.10. The van der Waals surface area contributed by atoms with Gasteiger partial charge in [-0.3, -0.25) is 14.4 Å². The Morgan fingerprint density at radius 3 is 2.37 bits per heavy atom. The van der Waals surface area contributed by atoms with Crippen molar-refractivity contribution in [2.75, 3.05) is 13.1 Å². The topological polar surface area (TPSA) is 179 Å². The number of imidazole rings is 1. The number of nitrogens with zero attached hydrogens (tertiary/aromatic N) is 1. The first-order valence-electron chi connectivity index (χ1n) is 8.49. The highest BCUT2D eigenvalue weighted by atomic mass is 16.4. The van der Waals surface area contributed by atoms with Crippen molar-refractivity contribution in [2.24, 2.45) is 11.7 Å². The first-order valence-corrected chi connectivity index (χ1v) is 8.49. The van der Waals surface area contributed by atoms with E-state index in [1.54, 1.807) is 0 Å². The van der Waals surface area contributed by atoms with Crippen LogP contribution < -0.4 is 21.7 Å². The Morgan fingerprint density at radius 2 is 1.85 bits per heavy atom. The van der Waals surface area contributed by atoms with Crippen molar-refractivity contribution in [3.05, 3.63) is 18.2 Å². The van der Waals surface area contributed by atoms with Gasteiger partial charge in [-0.05, 0) is 12.3 Å². The second kappa shape index (κ2) is 10.9. The maximum Gasteiger partial charge on any atom is 0.326 e. The third kappa shape index (κ3) is 8.31. The molecule has 11 heteroatoms. The van der Waals surface area contributed by atoms with Crippen LogP contribution in [0.5, 0.6) is 0 Å². The van der Waals surface area contributed by atoms with Crippen molar-refractivity contribution in [1.29, 1.82) is 0 Å². The molecule has 0 radical (unpaired) electrons. The van der Waals surface area contributed by atoms with Crippen molar-refractivity contribution < 1.29 is 24.3 Å². The van der Waals surface area contributed by atoms with E-state index in [0.717, 1.165) is 0 Å². The lowest BCUT2D eigenvalue weighted by Gasteiger charge is -2.20. The fourth-order valence-corrected chi connectivity index (χ4v) is 2.31. The van der Waals surface area contributed by atoms with Gasteiger partial charge in [-0.25, -0.2) is 9.78 Å². The largest absolute Gasteiger partial charge is 0.480 e. The van der Waals surface area contributed by atoms with Crippen LogP contribution in [0.4, 0.5) is 0 Å². The molecule has 0 aliphatic rings. The van der Waals surface area contributed by atoms with Gasteiger partial charge in [-0.15, -0.1) is 0 Å². The number of hydrogen-bond donors (Lipinski definition) is 6. The molecule has 1 aromatic heterocycles. The summed E-state index contributed by atoms with van der Waals surface area (Å²) in [6.07, 6.45) is 3.26. The van der Waals surface area contributed by atoms with Gasteiger partial charge >= 0.3 is 5.97 Å². The number of rotatable bonds is 11. The van der Waals surface area contributed by atoms with E-state index >= 15 is 0 Å². The third-order valence-electron chi connectivity index (χ3n) is 3.58. The molecule has 0 fully saturated rings. The molecule has 1 rings (SSSR count). The molecule has 1 heterocycles. The Bertz CT molecular complexity index is 646. The predicted molar refractivity (Wildman–Crippen MR) is 95.3 cm³/mol. The minimum atomic E-state index is -1.21. The van der Waals surface area contributed by atoms with Gasteiger partial charge < -0.3 is 31.8 Å². The van der Waals surface area contributed by atoms with E-state index in [4.69, 9.17) is 5.73 Å². The number of carbonyl (C=O) groups excluding carboxylic acids is 3. The summed E-state index contributed by atoms with van der Waals surface area (Å²) < 4.78 is 0. The molecule has 0 aliphatic carbocycles. The molecule has 7 N–H and O–H groups in total. The molecule has 11 nitrogen and oxygen atoms in total. The molecule has 27 heavy (non-hydrogen) atoms. The lowest BCUT2D eigenvalue weighted by Crippen LogP contribution is -2.52. The molecule has 1 aromatic rings. The molecule has 0 saturated carbocycles. The van der Waals surface area contributed by atoms with Crippen molar-refractivity contribution >= 4 is 23.7 Å². The van der Waals surface area contributed by atoms with Gasteiger partial charge in [0.25, 0.3) is 0 Å². The Kier molecular flexibility index (Phi) is 8.93. The minimum Gasteiger partial charge on any atom is -0.480 e.